The molecule has 0 radical (unpaired) electrons. The van der Waals surface area contributed by atoms with E-state index in [2.05, 4.69) is 32.3 Å². The van der Waals surface area contributed by atoms with Crippen LogP contribution in [-0.2, 0) is 16.0 Å². The highest BCUT2D eigenvalue weighted by Crippen LogP contribution is 2.24. The van der Waals surface area contributed by atoms with Crippen LogP contribution in [0.4, 0.5) is 0 Å². The van der Waals surface area contributed by atoms with Crippen molar-refractivity contribution in [2.24, 2.45) is 16.8 Å². The smallest absolute Gasteiger partial charge is 0.310 e. The van der Waals surface area contributed by atoms with Crippen molar-refractivity contribution in [3.63, 3.8) is 0 Å². The van der Waals surface area contributed by atoms with Gasteiger partial charge in [-0.15, -0.1) is 0 Å². The lowest BCUT2D eigenvalue weighted by Gasteiger charge is -2.21. The molecule has 1 aromatic heterocycles. The summed E-state index contributed by atoms with van der Waals surface area (Å²) in [6.45, 7) is 6.66. The monoisotopic (exact) mass is 419 g/mol. The van der Waals surface area contributed by atoms with Crippen LogP contribution in [0.15, 0.2) is 33.8 Å². The lowest BCUT2D eigenvalue weighted by Crippen LogP contribution is -2.40. The number of halogens is 1. The van der Waals surface area contributed by atoms with E-state index in [0.29, 0.717) is 36.2 Å². The minimum absolute atomic E-state index is 0.139. The van der Waals surface area contributed by atoms with Gasteiger partial charge in [-0.25, -0.2) is 0 Å². The second-order valence-corrected chi connectivity index (χ2v) is 7.46. The van der Waals surface area contributed by atoms with E-state index in [9.17, 15) is 4.79 Å². The van der Waals surface area contributed by atoms with Crippen molar-refractivity contribution in [2.45, 2.75) is 20.3 Å². The van der Waals surface area contributed by atoms with Crippen molar-refractivity contribution in [2.75, 3.05) is 33.3 Å². The minimum Gasteiger partial charge on any atom is -0.469 e. The van der Waals surface area contributed by atoms with Gasteiger partial charge >= 0.3 is 5.97 Å². The van der Waals surface area contributed by atoms with Crippen LogP contribution in [0.3, 0.4) is 0 Å². The number of hydrogen-bond acceptors (Lipinski definition) is 6. The summed E-state index contributed by atoms with van der Waals surface area (Å²) in [6.07, 6.45) is 0.520. The Kier molecular flexibility index (Phi) is 7.09. The van der Waals surface area contributed by atoms with Gasteiger partial charge in [0.05, 0.1) is 19.6 Å². The average molecular weight is 420 g/mol. The molecule has 8 nitrogen and oxygen atoms in total. The maximum absolute atomic E-state index is 11.9. The lowest BCUT2D eigenvalue weighted by atomic mass is 9.99. The molecule has 0 amide bonds. The van der Waals surface area contributed by atoms with E-state index in [1.165, 1.54) is 7.11 Å². The number of nitrogens with zero attached hydrogens (tertiary/aromatic N) is 4. The third-order valence-corrected chi connectivity index (χ3v) is 5.12. The molecule has 0 saturated carbocycles. The number of aromatic nitrogens is 2. The Morgan fingerprint density at radius 2 is 2.28 bits per heavy atom. The van der Waals surface area contributed by atoms with Crippen LogP contribution in [0.25, 0.3) is 11.4 Å². The Bertz CT molecular complexity index is 869. The predicted octanol–water partition coefficient (Wildman–Crippen LogP) is 2.64. The maximum Gasteiger partial charge on any atom is 0.310 e. The van der Waals surface area contributed by atoms with Crippen molar-refractivity contribution in [3.8, 4) is 11.4 Å². The average Bonchev–Trinajstić information content (AvgIpc) is 3.33. The molecule has 0 aliphatic carbocycles. The Balaban J connectivity index is 1.62. The quantitative estimate of drug-likeness (QED) is 0.437. The predicted molar refractivity (Wildman–Crippen MR) is 111 cm³/mol. The first-order valence-corrected chi connectivity index (χ1v) is 10.1. The third-order valence-electron chi connectivity index (χ3n) is 4.89. The summed E-state index contributed by atoms with van der Waals surface area (Å²) in [7, 11) is 1.43. The van der Waals surface area contributed by atoms with Gasteiger partial charge in [0.2, 0.25) is 11.7 Å². The molecule has 0 spiro atoms. The number of methoxy groups -OCH3 is 1. The number of guanidine groups is 1. The highest BCUT2D eigenvalue weighted by molar-refractivity contribution is 6.30. The zero-order valence-corrected chi connectivity index (χ0v) is 17.6. The van der Waals surface area contributed by atoms with Gasteiger partial charge in [-0.05, 0) is 25.0 Å². The molecule has 3 rings (SSSR count). The SMILES string of the molecule is CCNC(=NCCc1nc(-c2cccc(Cl)c2)no1)N1CC(C)C(C(=O)OC)C1. The standard InChI is InChI=1S/C20H26ClN5O3/c1-4-22-20(26-11-13(2)16(12-26)19(27)28-3)23-9-8-17-24-18(25-29-17)14-6-5-7-15(21)10-14/h5-7,10,13,16H,4,8-9,11-12H2,1-3H3,(H,22,23). The van der Waals surface area contributed by atoms with E-state index in [-0.39, 0.29) is 17.8 Å². The largest absolute Gasteiger partial charge is 0.469 e. The summed E-state index contributed by atoms with van der Waals surface area (Å²) in [5.41, 5.74) is 0.809. The van der Waals surface area contributed by atoms with E-state index in [1.54, 1.807) is 12.1 Å². The first-order valence-electron chi connectivity index (χ1n) is 9.71. The number of ether oxygens (including phenoxy) is 1. The van der Waals surface area contributed by atoms with E-state index in [0.717, 1.165) is 24.6 Å². The number of carbonyl (C=O) groups excluding carboxylic acids is 1. The number of hydrogen-bond donors (Lipinski definition) is 1. The van der Waals surface area contributed by atoms with Crippen molar-refractivity contribution >= 4 is 23.5 Å². The van der Waals surface area contributed by atoms with Gasteiger partial charge in [0.25, 0.3) is 0 Å². The molecule has 1 aliphatic rings. The summed E-state index contributed by atoms with van der Waals surface area (Å²) in [5, 5.41) is 7.93. The summed E-state index contributed by atoms with van der Waals surface area (Å²) in [4.78, 5) is 23.1. The summed E-state index contributed by atoms with van der Waals surface area (Å²) in [5.74, 6) is 1.70. The Morgan fingerprint density at radius 1 is 1.45 bits per heavy atom. The molecule has 2 unspecified atom stereocenters. The molecule has 2 heterocycles. The van der Waals surface area contributed by atoms with Crippen LogP contribution in [0.2, 0.25) is 5.02 Å². The van der Waals surface area contributed by atoms with Crippen molar-refractivity contribution < 1.29 is 14.1 Å². The van der Waals surface area contributed by atoms with Crippen molar-refractivity contribution in [1.82, 2.24) is 20.4 Å². The van der Waals surface area contributed by atoms with Crippen LogP contribution in [0.1, 0.15) is 19.7 Å². The van der Waals surface area contributed by atoms with Crippen LogP contribution < -0.4 is 5.32 Å². The normalized spacial score (nSPS) is 19.4. The zero-order valence-electron chi connectivity index (χ0n) is 16.9. The van der Waals surface area contributed by atoms with E-state index < -0.39 is 0 Å². The van der Waals surface area contributed by atoms with Gasteiger partial charge in [0.1, 0.15) is 0 Å². The fraction of sp³-hybridized carbons (Fsp3) is 0.500. The van der Waals surface area contributed by atoms with Crippen molar-refractivity contribution in [1.29, 1.82) is 0 Å². The summed E-state index contributed by atoms with van der Waals surface area (Å²) >= 11 is 6.02. The number of nitrogens with one attached hydrogen (secondary N) is 1. The van der Waals surface area contributed by atoms with Crippen molar-refractivity contribution in [3.05, 3.63) is 35.2 Å². The molecule has 1 saturated heterocycles. The van der Waals surface area contributed by atoms with E-state index in [4.69, 9.17) is 20.9 Å². The van der Waals surface area contributed by atoms with Crippen LogP contribution in [-0.4, -0.2) is 60.3 Å². The molecule has 156 valence electrons. The third kappa shape index (κ3) is 5.26. The Morgan fingerprint density at radius 3 is 3.00 bits per heavy atom. The van der Waals surface area contributed by atoms with Crippen LogP contribution in [0.5, 0.6) is 0 Å². The van der Waals surface area contributed by atoms with Gasteiger partial charge < -0.3 is 19.5 Å². The molecule has 9 heteroatoms. The van der Waals surface area contributed by atoms with Gasteiger partial charge in [-0.1, -0.05) is 35.8 Å². The fourth-order valence-corrected chi connectivity index (χ4v) is 3.57. The van der Waals surface area contributed by atoms with Gasteiger partial charge in [-0.3, -0.25) is 9.79 Å². The number of likely N-dealkylation sites (tertiary alicyclic amines) is 1. The number of esters is 1. The summed E-state index contributed by atoms with van der Waals surface area (Å²) < 4.78 is 10.3. The van der Waals surface area contributed by atoms with Gasteiger partial charge in [0.15, 0.2) is 5.96 Å². The Labute approximate surface area is 175 Å². The summed E-state index contributed by atoms with van der Waals surface area (Å²) in [6, 6.07) is 7.32. The first kappa shape index (κ1) is 21.1. The number of rotatable bonds is 6. The number of carbonyl (C=O) groups is 1. The molecular weight excluding hydrogens is 394 g/mol. The highest BCUT2D eigenvalue weighted by atomic mass is 35.5. The highest BCUT2D eigenvalue weighted by Gasteiger charge is 2.36. The minimum atomic E-state index is -0.171. The molecule has 29 heavy (non-hydrogen) atoms. The van der Waals surface area contributed by atoms with Gasteiger partial charge in [-0.2, -0.15) is 4.98 Å². The van der Waals surface area contributed by atoms with E-state index >= 15 is 0 Å². The molecule has 1 N–H and O–H groups in total. The fourth-order valence-electron chi connectivity index (χ4n) is 3.38. The number of aliphatic imine (C=N–C) groups is 1. The van der Waals surface area contributed by atoms with Gasteiger partial charge in [0, 0.05) is 36.6 Å². The van der Waals surface area contributed by atoms with E-state index in [1.807, 2.05) is 19.1 Å². The molecular formula is C20H26ClN5O3. The van der Waals surface area contributed by atoms with Crippen LogP contribution in [0, 0.1) is 11.8 Å². The molecule has 2 aromatic rings. The maximum atomic E-state index is 11.9. The zero-order chi connectivity index (χ0) is 20.8. The molecule has 1 fully saturated rings. The Hall–Kier alpha value is -2.61. The second kappa shape index (κ2) is 9.73. The van der Waals surface area contributed by atoms with Crippen LogP contribution >= 0.6 is 11.6 Å². The molecule has 0 bridgehead atoms. The molecule has 1 aromatic carbocycles. The second-order valence-electron chi connectivity index (χ2n) is 7.02. The molecule has 1 aliphatic heterocycles. The lowest BCUT2D eigenvalue weighted by molar-refractivity contribution is -0.145. The topological polar surface area (TPSA) is 92.9 Å². The number of benzene rings is 1. The molecule has 2 atom stereocenters. The first-order chi connectivity index (χ1) is 14.0.